The Balaban J connectivity index is 1.93. The van der Waals surface area contributed by atoms with E-state index in [9.17, 15) is 9.59 Å². The molecule has 0 radical (unpaired) electrons. The molecule has 1 aromatic heterocycles. The van der Waals surface area contributed by atoms with E-state index in [0.717, 1.165) is 0 Å². The fraction of sp³-hybridized carbons (Fsp3) is 0.263. The first-order chi connectivity index (χ1) is 11.7. The lowest BCUT2D eigenvalue weighted by Crippen LogP contribution is -2.41. The summed E-state index contributed by atoms with van der Waals surface area (Å²) in [7, 11) is 0. The van der Waals surface area contributed by atoms with Gasteiger partial charge in [-0.3, -0.25) is 4.79 Å². The number of hydrogen-bond donors (Lipinski definition) is 0. The molecule has 2 aliphatic rings. The molecular weight excluding hydrogens is 308 g/mol. The van der Waals surface area contributed by atoms with Gasteiger partial charge in [0.15, 0.2) is 0 Å². The molecule has 5 nitrogen and oxygen atoms in total. The van der Waals surface area contributed by atoms with Gasteiger partial charge in [0, 0.05) is 11.5 Å². The average molecular weight is 324 g/mol. The Morgan fingerprint density at radius 2 is 2.12 bits per heavy atom. The van der Waals surface area contributed by atoms with E-state index in [-0.39, 0.29) is 12.5 Å². The number of carbonyl (C=O) groups excluding carboxylic acids is 2. The van der Waals surface area contributed by atoms with E-state index in [4.69, 9.17) is 13.9 Å². The average Bonchev–Trinajstić information content (AvgIpc) is 3.28. The van der Waals surface area contributed by atoms with Gasteiger partial charge in [-0.2, -0.15) is 0 Å². The van der Waals surface area contributed by atoms with Crippen LogP contribution < -0.4 is 4.74 Å². The number of furan rings is 1. The van der Waals surface area contributed by atoms with E-state index in [2.05, 4.69) is 0 Å². The zero-order valence-electron chi connectivity index (χ0n) is 13.2. The number of benzene rings is 1. The molecule has 1 aliphatic carbocycles. The largest absolute Gasteiger partial charge is 0.469 e. The van der Waals surface area contributed by atoms with Gasteiger partial charge < -0.3 is 13.9 Å². The maximum Gasteiger partial charge on any atom is 0.335 e. The quantitative estimate of drug-likeness (QED) is 0.641. The van der Waals surface area contributed by atoms with E-state index in [1.54, 1.807) is 37.5 Å². The molecule has 24 heavy (non-hydrogen) atoms. The summed E-state index contributed by atoms with van der Waals surface area (Å²) in [5.41, 5.74) is -0.186. The van der Waals surface area contributed by atoms with E-state index in [1.165, 1.54) is 0 Å². The molecule has 1 aromatic carbocycles. The van der Waals surface area contributed by atoms with Gasteiger partial charge in [-0.05, 0) is 31.5 Å². The molecule has 0 saturated carbocycles. The highest BCUT2D eigenvalue weighted by Crippen LogP contribution is 2.57. The number of esters is 2. The molecule has 2 heterocycles. The SMILES string of the molecule is CCOC(=O)C1=CC[C@H](c2ccco2)[C@@]12C(=O)Oc1ccccc12. The standard InChI is InChI=1S/C19H16O5/c1-2-22-17(20)14-10-9-13(15-8-5-11-23-15)19(14)12-6-3-4-7-16(12)24-18(19)21/h3-8,10-11,13H,2,9H2,1H3/t13-,19-/m1/s1. The van der Waals surface area contributed by atoms with Gasteiger partial charge in [0.25, 0.3) is 0 Å². The fourth-order valence-electron chi connectivity index (χ4n) is 3.79. The summed E-state index contributed by atoms with van der Waals surface area (Å²) in [5, 5.41) is 0. The second kappa shape index (κ2) is 5.37. The van der Waals surface area contributed by atoms with Crippen molar-refractivity contribution >= 4 is 11.9 Å². The van der Waals surface area contributed by atoms with E-state index in [0.29, 0.717) is 29.1 Å². The Morgan fingerprint density at radius 3 is 2.88 bits per heavy atom. The molecule has 0 N–H and O–H groups in total. The number of fused-ring (bicyclic) bond motifs is 2. The summed E-state index contributed by atoms with van der Waals surface area (Å²) in [5.74, 6) is -0.138. The third kappa shape index (κ3) is 1.81. The zero-order valence-corrected chi connectivity index (χ0v) is 13.2. The Kier molecular flexibility index (Phi) is 3.30. The molecule has 4 rings (SSSR count). The molecule has 1 spiro atoms. The van der Waals surface area contributed by atoms with Crippen LogP contribution in [0.3, 0.4) is 0 Å². The number of ether oxygens (including phenoxy) is 2. The number of allylic oxidation sites excluding steroid dienone is 1. The monoisotopic (exact) mass is 324 g/mol. The lowest BCUT2D eigenvalue weighted by atomic mass is 9.68. The van der Waals surface area contributed by atoms with Crippen LogP contribution in [0.15, 0.2) is 58.7 Å². The van der Waals surface area contributed by atoms with Crippen LogP contribution in [0.1, 0.15) is 30.6 Å². The van der Waals surface area contributed by atoms with Crippen LogP contribution in [0.5, 0.6) is 5.75 Å². The lowest BCUT2D eigenvalue weighted by Gasteiger charge is -2.29. The van der Waals surface area contributed by atoms with Crippen molar-refractivity contribution in [2.75, 3.05) is 6.61 Å². The van der Waals surface area contributed by atoms with Gasteiger partial charge in [0.2, 0.25) is 0 Å². The van der Waals surface area contributed by atoms with Crippen molar-refractivity contribution in [3.05, 3.63) is 65.6 Å². The Labute approximate surface area is 138 Å². The fourth-order valence-corrected chi connectivity index (χ4v) is 3.79. The predicted molar refractivity (Wildman–Crippen MR) is 84.5 cm³/mol. The molecular formula is C19H16O5. The van der Waals surface area contributed by atoms with Crippen LogP contribution in [0.4, 0.5) is 0 Å². The maximum atomic E-state index is 13.0. The predicted octanol–water partition coefficient (Wildman–Crippen LogP) is 3.11. The molecule has 5 heteroatoms. The van der Waals surface area contributed by atoms with Crippen molar-refractivity contribution in [3.8, 4) is 5.75 Å². The number of rotatable bonds is 3. The van der Waals surface area contributed by atoms with Gasteiger partial charge >= 0.3 is 11.9 Å². The highest BCUT2D eigenvalue weighted by molar-refractivity contribution is 6.07. The summed E-state index contributed by atoms with van der Waals surface area (Å²) in [6, 6.07) is 10.8. The molecule has 2 aromatic rings. The Morgan fingerprint density at radius 1 is 1.29 bits per heavy atom. The molecule has 0 saturated heterocycles. The normalized spacial score (nSPS) is 24.6. The van der Waals surface area contributed by atoms with Crippen molar-refractivity contribution in [3.63, 3.8) is 0 Å². The highest BCUT2D eigenvalue weighted by atomic mass is 16.5. The first-order valence-electron chi connectivity index (χ1n) is 7.92. The zero-order chi connectivity index (χ0) is 16.7. The van der Waals surface area contributed by atoms with Crippen LogP contribution in [0.25, 0.3) is 0 Å². The first-order valence-corrected chi connectivity index (χ1v) is 7.92. The summed E-state index contributed by atoms with van der Waals surface area (Å²) in [6.45, 7) is 1.99. The molecule has 1 aliphatic heterocycles. The van der Waals surface area contributed by atoms with E-state index < -0.39 is 17.4 Å². The minimum absolute atomic E-state index is 0.244. The van der Waals surface area contributed by atoms with Crippen molar-refractivity contribution in [2.45, 2.75) is 24.7 Å². The summed E-state index contributed by atoms with van der Waals surface area (Å²) in [6.07, 6.45) is 3.84. The minimum atomic E-state index is -1.21. The number of carbonyl (C=O) groups is 2. The number of hydrogen-bond acceptors (Lipinski definition) is 5. The third-order valence-electron chi connectivity index (χ3n) is 4.72. The molecule has 0 fully saturated rings. The molecule has 0 bridgehead atoms. The van der Waals surface area contributed by atoms with Crippen LogP contribution in [0.2, 0.25) is 0 Å². The molecule has 2 atom stereocenters. The van der Waals surface area contributed by atoms with Crippen LogP contribution >= 0.6 is 0 Å². The van der Waals surface area contributed by atoms with Crippen molar-refractivity contribution < 1.29 is 23.5 Å². The van der Waals surface area contributed by atoms with Crippen LogP contribution in [-0.2, 0) is 19.7 Å². The van der Waals surface area contributed by atoms with Gasteiger partial charge in [-0.25, -0.2) is 4.79 Å². The van der Waals surface area contributed by atoms with Crippen molar-refractivity contribution in [2.24, 2.45) is 0 Å². The summed E-state index contributed by atoms with van der Waals surface area (Å²) >= 11 is 0. The maximum absolute atomic E-state index is 13.0. The minimum Gasteiger partial charge on any atom is -0.469 e. The Hall–Kier alpha value is -2.82. The number of para-hydroxylation sites is 1. The summed E-state index contributed by atoms with van der Waals surface area (Å²) < 4.78 is 16.3. The first kappa shape index (κ1) is 14.8. The van der Waals surface area contributed by atoms with Crippen LogP contribution in [0, 0.1) is 0 Å². The van der Waals surface area contributed by atoms with Crippen molar-refractivity contribution in [1.82, 2.24) is 0 Å². The third-order valence-corrected chi connectivity index (χ3v) is 4.72. The highest BCUT2D eigenvalue weighted by Gasteiger charge is 2.62. The van der Waals surface area contributed by atoms with Gasteiger partial charge in [-0.1, -0.05) is 24.3 Å². The second-order valence-electron chi connectivity index (χ2n) is 5.84. The molecule has 122 valence electrons. The summed E-state index contributed by atoms with van der Waals surface area (Å²) in [4.78, 5) is 25.5. The molecule has 0 amide bonds. The van der Waals surface area contributed by atoms with E-state index >= 15 is 0 Å². The lowest BCUT2D eigenvalue weighted by molar-refractivity contribution is -0.144. The van der Waals surface area contributed by atoms with Gasteiger partial charge in [0.1, 0.15) is 16.9 Å². The second-order valence-corrected chi connectivity index (χ2v) is 5.84. The van der Waals surface area contributed by atoms with Crippen LogP contribution in [-0.4, -0.2) is 18.5 Å². The van der Waals surface area contributed by atoms with Crippen molar-refractivity contribution in [1.29, 1.82) is 0 Å². The van der Waals surface area contributed by atoms with E-state index in [1.807, 2.05) is 18.2 Å². The topological polar surface area (TPSA) is 65.7 Å². The molecule has 0 unspecified atom stereocenters. The Bertz CT molecular complexity index is 833. The van der Waals surface area contributed by atoms with Gasteiger partial charge in [0.05, 0.1) is 18.4 Å². The van der Waals surface area contributed by atoms with Gasteiger partial charge in [-0.15, -0.1) is 0 Å². The smallest absolute Gasteiger partial charge is 0.335 e.